The largest absolute Gasteiger partial charge is 0.462 e. The van der Waals surface area contributed by atoms with Gasteiger partial charge in [0.05, 0.1) is 6.61 Å². The number of rotatable bonds is 6. The van der Waals surface area contributed by atoms with E-state index in [1.807, 2.05) is 59.3 Å². The molecule has 0 aliphatic rings. The first kappa shape index (κ1) is 18.0. The minimum absolute atomic E-state index is 0.290. The first-order chi connectivity index (χ1) is 12.7. The van der Waals surface area contributed by atoms with Crippen molar-refractivity contribution in [2.24, 2.45) is 0 Å². The van der Waals surface area contributed by atoms with Gasteiger partial charge < -0.3 is 9.30 Å². The number of hydrogen-bond acceptors (Lipinski definition) is 3. The van der Waals surface area contributed by atoms with Crippen LogP contribution in [0.1, 0.15) is 23.9 Å². The lowest BCUT2D eigenvalue weighted by molar-refractivity contribution is -0.136. The van der Waals surface area contributed by atoms with Gasteiger partial charge in [-0.1, -0.05) is 60.1 Å². The fourth-order valence-electron chi connectivity index (χ4n) is 2.63. The molecule has 0 radical (unpaired) electrons. The molecule has 0 spiro atoms. The Hall–Kier alpha value is -2.85. The summed E-state index contributed by atoms with van der Waals surface area (Å²) in [5.74, 6) is 0.125. The highest BCUT2D eigenvalue weighted by Crippen LogP contribution is 2.24. The van der Waals surface area contributed by atoms with Gasteiger partial charge in [0.2, 0.25) is 0 Å². The predicted octanol–water partition coefficient (Wildman–Crippen LogP) is 4.69. The maximum absolute atomic E-state index is 12.6. The van der Waals surface area contributed by atoms with Gasteiger partial charge in [-0.05, 0) is 30.2 Å². The smallest absolute Gasteiger partial charge is 0.341 e. The second-order valence-corrected chi connectivity index (χ2v) is 6.07. The van der Waals surface area contributed by atoms with Gasteiger partial charge in [0.25, 0.3) is 0 Å². The molecule has 0 aliphatic carbocycles. The molecule has 0 saturated heterocycles. The number of hydrogen-bond donors (Lipinski definition) is 0. The van der Waals surface area contributed by atoms with E-state index in [2.05, 4.69) is 4.98 Å². The second kappa shape index (κ2) is 8.50. The van der Waals surface area contributed by atoms with Crippen LogP contribution >= 0.6 is 11.6 Å². The number of esters is 1. The fraction of sp³-hybridized carbons (Fsp3) is 0.143. The minimum Gasteiger partial charge on any atom is -0.462 e. The standard InChI is InChI=1S/C21H19ClN2O2/c1-2-26-21(25)18(14-17-10-6-7-11-19(17)22)20-23-12-13-24(20)15-16-8-4-3-5-9-16/h3-14H,2,15H2,1H3/b18-14+. The van der Waals surface area contributed by atoms with Crippen LogP contribution in [-0.4, -0.2) is 22.1 Å². The lowest BCUT2D eigenvalue weighted by Crippen LogP contribution is -2.12. The van der Waals surface area contributed by atoms with Crippen molar-refractivity contribution in [3.63, 3.8) is 0 Å². The molecule has 0 amide bonds. The fourth-order valence-corrected chi connectivity index (χ4v) is 2.82. The molecule has 1 heterocycles. The Bertz CT molecular complexity index is 917. The lowest BCUT2D eigenvalue weighted by Gasteiger charge is -2.11. The number of ether oxygens (including phenoxy) is 1. The van der Waals surface area contributed by atoms with Gasteiger partial charge in [0, 0.05) is 24.0 Å². The van der Waals surface area contributed by atoms with Crippen LogP contribution in [0.2, 0.25) is 5.02 Å². The summed E-state index contributed by atoms with van der Waals surface area (Å²) in [5, 5.41) is 0.565. The molecule has 4 nitrogen and oxygen atoms in total. The Balaban J connectivity index is 2.02. The Kier molecular flexibility index (Phi) is 5.87. The van der Waals surface area contributed by atoms with Gasteiger partial charge in [-0.2, -0.15) is 0 Å². The van der Waals surface area contributed by atoms with Crippen molar-refractivity contribution in [1.29, 1.82) is 0 Å². The summed E-state index contributed by atoms with van der Waals surface area (Å²) < 4.78 is 7.17. The van der Waals surface area contributed by atoms with E-state index >= 15 is 0 Å². The number of carbonyl (C=O) groups is 1. The van der Waals surface area contributed by atoms with E-state index in [9.17, 15) is 4.79 Å². The average molecular weight is 367 g/mol. The Labute approximate surface area is 157 Å². The normalized spacial score (nSPS) is 11.4. The van der Waals surface area contributed by atoms with E-state index in [0.717, 1.165) is 11.1 Å². The number of carbonyl (C=O) groups excluding carboxylic acids is 1. The third-order valence-corrected chi connectivity index (χ3v) is 4.20. The highest BCUT2D eigenvalue weighted by Gasteiger charge is 2.19. The maximum Gasteiger partial charge on any atom is 0.341 e. The van der Waals surface area contributed by atoms with Crippen LogP contribution in [0.4, 0.5) is 0 Å². The molecular formula is C21H19ClN2O2. The van der Waals surface area contributed by atoms with Crippen LogP contribution in [0.5, 0.6) is 0 Å². The molecule has 26 heavy (non-hydrogen) atoms. The molecule has 0 bridgehead atoms. The van der Waals surface area contributed by atoms with E-state index in [4.69, 9.17) is 16.3 Å². The summed E-state index contributed by atoms with van der Waals surface area (Å²) in [7, 11) is 0. The average Bonchev–Trinajstić information content (AvgIpc) is 3.10. The van der Waals surface area contributed by atoms with Gasteiger partial charge in [0.1, 0.15) is 11.4 Å². The van der Waals surface area contributed by atoms with Gasteiger partial charge in [-0.15, -0.1) is 0 Å². The molecule has 3 rings (SSSR count). The van der Waals surface area contributed by atoms with Crippen molar-refractivity contribution in [3.8, 4) is 0 Å². The SMILES string of the molecule is CCOC(=O)/C(=C/c1ccccc1Cl)c1nccn1Cc1ccccc1. The monoisotopic (exact) mass is 366 g/mol. The summed E-state index contributed by atoms with van der Waals surface area (Å²) >= 11 is 6.26. The Morgan fingerprint density at radius 1 is 1.15 bits per heavy atom. The molecule has 5 heteroatoms. The molecule has 0 atom stereocenters. The van der Waals surface area contributed by atoms with E-state index in [1.54, 1.807) is 25.3 Å². The summed E-state index contributed by atoms with van der Waals surface area (Å²) in [4.78, 5) is 17.0. The second-order valence-electron chi connectivity index (χ2n) is 5.66. The molecule has 1 aromatic heterocycles. The summed E-state index contributed by atoms with van der Waals surface area (Å²) in [6.45, 7) is 2.68. The number of nitrogens with zero attached hydrogens (tertiary/aromatic N) is 2. The quantitative estimate of drug-likeness (QED) is 0.469. The molecule has 0 aliphatic heterocycles. The zero-order valence-corrected chi connectivity index (χ0v) is 15.2. The van der Waals surface area contributed by atoms with Gasteiger partial charge in [-0.25, -0.2) is 9.78 Å². The Morgan fingerprint density at radius 3 is 2.62 bits per heavy atom. The van der Waals surface area contributed by atoms with E-state index < -0.39 is 5.97 Å². The summed E-state index contributed by atoms with van der Waals surface area (Å²) in [6.07, 6.45) is 5.25. The van der Waals surface area contributed by atoms with Crippen molar-refractivity contribution in [2.45, 2.75) is 13.5 Å². The highest BCUT2D eigenvalue weighted by molar-refractivity contribution is 6.33. The lowest BCUT2D eigenvalue weighted by atomic mass is 10.1. The zero-order chi connectivity index (χ0) is 18.4. The van der Waals surface area contributed by atoms with Crippen LogP contribution in [0.3, 0.4) is 0 Å². The zero-order valence-electron chi connectivity index (χ0n) is 14.4. The van der Waals surface area contributed by atoms with Crippen LogP contribution < -0.4 is 0 Å². The highest BCUT2D eigenvalue weighted by atomic mass is 35.5. The van der Waals surface area contributed by atoms with Crippen LogP contribution in [0.15, 0.2) is 67.0 Å². The van der Waals surface area contributed by atoms with Crippen molar-refractivity contribution in [2.75, 3.05) is 6.61 Å². The Morgan fingerprint density at radius 2 is 1.88 bits per heavy atom. The van der Waals surface area contributed by atoms with E-state index in [-0.39, 0.29) is 6.61 Å². The van der Waals surface area contributed by atoms with Crippen molar-refractivity contribution < 1.29 is 9.53 Å². The molecular weight excluding hydrogens is 348 g/mol. The van der Waals surface area contributed by atoms with Gasteiger partial charge in [-0.3, -0.25) is 0 Å². The molecule has 2 aromatic carbocycles. The topological polar surface area (TPSA) is 44.1 Å². The first-order valence-electron chi connectivity index (χ1n) is 8.38. The van der Waals surface area contributed by atoms with Crippen molar-refractivity contribution in [3.05, 3.63) is 89.0 Å². The minimum atomic E-state index is -0.423. The van der Waals surface area contributed by atoms with Crippen LogP contribution in [0.25, 0.3) is 11.6 Å². The first-order valence-corrected chi connectivity index (χ1v) is 8.75. The predicted molar refractivity (Wildman–Crippen MR) is 104 cm³/mol. The van der Waals surface area contributed by atoms with E-state index in [1.165, 1.54) is 0 Å². The third-order valence-electron chi connectivity index (χ3n) is 3.85. The van der Waals surface area contributed by atoms with Gasteiger partial charge >= 0.3 is 5.97 Å². The van der Waals surface area contributed by atoms with Crippen molar-refractivity contribution in [1.82, 2.24) is 9.55 Å². The number of aromatic nitrogens is 2. The molecule has 0 N–H and O–H groups in total. The molecule has 3 aromatic rings. The third kappa shape index (κ3) is 4.21. The molecule has 0 unspecified atom stereocenters. The summed E-state index contributed by atoms with van der Waals surface area (Å²) in [5.41, 5.74) is 2.24. The molecule has 0 saturated carbocycles. The van der Waals surface area contributed by atoms with Crippen LogP contribution in [0, 0.1) is 0 Å². The maximum atomic E-state index is 12.6. The van der Waals surface area contributed by atoms with Crippen molar-refractivity contribution >= 4 is 29.2 Å². The number of benzene rings is 2. The van der Waals surface area contributed by atoms with Gasteiger partial charge in [0.15, 0.2) is 0 Å². The number of imidazole rings is 1. The van der Waals surface area contributed by atoms with Crippen LogP contribution in [-0.2, 0) is 16.1 Å². The molecule has 132 valence electrons. The summed E-state index contributed by atoms with van der Waals surface area (Å²) in [6, 6.07) is 17.4. The molecule has 0 fully saturated rings. The van der Waals surface area contributed by atoms with E-state index in [0.29, 0.717) is 23.0 Å². The number of halogens is 1.